The Balaban J connectivity index is 1.94. The highest BCUT2D eigenvalue weighted by Crippen LogP contribution is 2.24. The molecule has 1 aromatic rings. The van der Waals surface area contributed by atoms with Gasteiger partial charge in [0.2, 0.25) is 0 Å². The number of nitrogens with zero attached hydrogens (tertiary/aromatic N) is 2. The molecule has 2 N–H and O–H groups in total. The van der Waals surface area contributed by atoms with Crippen molar-refractivity contribution in [3.05, 3.63) is 11.3 Å². The van der Waals surface area contributed by atoms with Crippen molar-refractivity contribution in [1.82, 2.24) is 15.1 Å². The first-order valence-corrected chi connectivity index (χ1v) is 7.10. The normalized spacial score (nSPS) is 20.0. The van der Waals surface area contributed by atoms with Gasteiger partial charge in [0.25, 0.3) is 0 Å². The van der Waals surface area contributed by atoms with Gasteiger partial charge < -0.3 is 10.2 Å². The van der Waals surface area contributed by atoms with Gasteiger partial charge in [0.05, 0.1) is 0 Å². The van der Waals surface area contributed by atoms with Crippen molar-refractivity contribution >= 4 is 5.82 Å². The fourth-order valence-corrected chi connectivity index (χ4v) is 2.78. The second-order valence-corrected chi connectivity index (χ2v) is 5.60. The molecule has 0 spiro atoms. The third-order valence-electron chi connectivity index (χ3n) is 4.30. The van der Waals surface area contributed by atoms with Gasteiger partial charge in [0, 0.05) is 17.3 Å². The third kappa shape index (κ3) is 2.86. The van der Waals surface area contributed by atoms with Crippen molar-refractivity contribution in [3.63, 3.8) is 0 Å². The first-order valence-electron chi connectivity index (χ1n) is 7.10. The van der Waals surface area contributed by atoms with Crippen LogP contribution in [0.2, 0.25) is 0 Å². The zero-order valence-electron chi connectivity index (χ0n) is 12.1. The molecule has 0 aromatic carbocycles. The number of aryl methyl sites for hydroxylation is 1. The first kappa shape index (κ1) is 13.4. The molecule has 1 aliphatic rings. The predicted octanol–water partition coefficient (Wildman–Crippen LogP) is 2.42. The van der Waals surface area contributed by atoms with Crippen LogP contribution in [0.15, 0.2) is 0 Å². The number of rotatable bonds is 4. The minimum atomic E-state index is 0.505. The van der Waals surface area contributed by atoms with E-state index in [4.69, 9.17) is 0 Å². The number of anilines is 1. The molecule has 2 heterocycles. The van der Waals surface area contributed by atoms with Gasteiger partial charge in [-0.05, 0) is 59.2 Å². The lowest BCUT2D eigenvalue weighted by molar-refractivity contribution is 0.208. The van der Waals surface area contributed by atoms with Crippen molar-refractivity contribution in [2.45, 2.75) is 46.1 Å². The zero-order valence-corrected chi connectivity index (χ0v) is 12.1. The number of aromatic nitrogens is 2. The standard InChI is InChI=1S/C14H26N4/c1-5-13-10(2)14(17-16-13)15-11(3)12-6-8-18(4)9-7-12/h11-12H,5-9H2,1-4H3,(H2,15,16,17). The van der Waals surface area contributed by atoms with Gasteiger partial charge in [-0.3, -0.25) is 5.10 Å². The molecule has 0 saturated carbocycles. The minimum Gasteiger partial charge on any atom is -0.366 e. The summed E-state index contributed by atoms with van der Waals surface area (Å²) >= 11 is 0. The molecule has 4 heteroatoms. The van der Waals surface area contributed by atoms with Crippen molar-refractivity contribution in [1.29, 1.82) is 0 Å². The number of piperidine rings is 1. The summed E-state index contributed by atoms with van der Waals surface area (Å²) < 4.78 is 0. The van der Waals surface area contributed by atoms with Crippen molar-refractivity contribution in [2.75, 3.05) is 25.5 Å². The molecule has 4 nitrogen and oxygen atoms in total. The van der Waals surface area contributed by atoms with Crippen molar-refractivity contribution in [3.8, 4) is 0 Å². The average Bonchev–Trinajstić information content (AvgIpc) is 2.71. The smallest absolute Gasteiger partial charge is 0.151 e. The SMILES string of the molecule is CCc1[nH]nc(NC(C)C2CCN(C)CC2)c1C. The molecule has 102 valence electrons. The fourth-order valence-electron chi connectivity index (χ4n) is 2.78. The summed E-state index contributed by atoms with van der Waals surface area (Å²) in [6, 6.07) is 0.505. The lowest BCUT2D eigenvalue weighted by atomic mass is 9.90. The summed E-state index contributed by atoms with van der Waals surface area (Å²) in [5.74, 6) is 1.81. The predicted molar refractivity (Wildman–Crippen MR) is 76.0 cm³/mol. The van der Waals surface area contributed by atoms with Gasteiger partial charge in [-0.1, -0.05) is 6.92 Å². The molecule has 2 rings (SSSR count). The van der Waals surface area contributed by atoms with Crippen LogP contribution < -0.4 is 5.32 Å². The number of hydrogen-bond donors (Lipinski definition) is 2. The van der Waals surface area contributed by atoms with Gasteiger partial charge in [-0.15, -0.1) is 0 Å². The van der Waals surface area contributed by atoms with Crippen LogP contribution in [0.3, 0.4) is 0 Å². The summed E-state index contributed by atoms with van der Waals surface area (Å²) in [7, 11) is 2.21. The molecular formula is C14H26N4. The molecule has 0 bridgehead atoms. The minimum absolute atomic E-state index is 0.505. The van der Waals surface area contributed by atoms with E-state index in [9.17, 15) is 0 Å². The number of aromatic amines is 1. The first-order chi connectivity index (χ1) is 8.61. The van der Waals surface area contributed by atoms with Crippen LogP contribution in [0.5, 0.6) is 0 Å². The molecule has 1 unspecified atom stereocenters. The van der Waals surface area contributed by atoms with Gasteiger partial charge in [0.1, 0.15) is 0 Å². The fraction of sp³-hybridized carbons (Fsp3) is 0.786. The molecule has 1 aliphatic heterocycles. The highest BCUT2D eigenvalue weighted by atomic mass is 15.2. The topological polar surface area (TPSA) is 44.0 Å². The van der Waals surface area contributed by atoms with Crippen LogP contribution in [0.1, 0.15) is 37.9 Å². The molecule has 0 amide bonds. The zero-order chi connectivity index (χ0) is 13.1. The summed E-state index contributed by atoms with van der Waals surface area (Å²) in [6.07, 6.45) is 3.59. The highest BCUT2D eigenvalue weighted by Gasteiger charge is 2.23. The lowest BCUT2D eigenvalue weighted by Gasteiger charge is -2.33. The lowest BCUT2D eigenvalue weighted by Crippen LogP contribution is -2.37. The summed E-state index contributed by atoms with van der Waals surface area (Å²) in [4.78, 5) is 2.41. The highest BCUT2D eigenvalue weighted by molar-refractivity contribution is 5.46. The molecular weight excluding hydrogens is 224 g/mol. The van der Waals surface area contributed by atoms with Gasteiger partial charge in [0.15, 0.2) is 5.82 Å². The van der Waals surface area contributed by atoms with E-state index in [0.717, 1.165) is 18.2 Å². The Bertz CT molecular complexity index is 377. The Kier molecular flexibility index (Phi) is 4.27. The van der Waals surface area contributed by atoms with E-state index in [1.54, 1.807) is 0 Å². The Hall–Kier alpha value is -1.03. The Morgan fingerprint density at radius 1 is 1.44 bits per heavy atom. The van der Waals surface area contributed by atoms with Crippen LogP contribution >= 0.6 is 0 Å². The molecule has 0 aliphatic carbocycles. The summed E-state index contributed by atoms with van der Waals surface area (Å²) in [5.41, 5.74) is 2.52. The Labute approximate surface area is 110 Å². The summed E-state index contributed by atoms with van der Waals surface area (Å²) in [6.45, 7) is 9.03. The Morgan fingerprint density at radius 2 is 2.11 bits per heavy atom. The third-order valence-corrected chi connectivity index (χ3v) is 4.30. The maximum atomic E-state index is 4.39. The van der Waals surface area contributed by atoms with E-state index in [1.165, 1.54) is 37.2 Å². The molecule has 1 atom stereocenters. The largest absolute Gasteiger partial charge is 0.366 e. The number of likely N-dealkylation sites (tertiary alicyclic amines) is 1. The molecule has 1 aromatic heterocycles. The molecule has 1 fully saturated rings. The van der Waals surface area contributed by atoms with E-state index < -0.39 is 0 Å². The quantitative estimate of drug-likeness (QED) is 0.862. The van der Waals surface area contributed by atoms with Crippen LogP contribution in [0, 0.1) is 12.8 Å². The monoisotopic (exact) mass is 250 g/mol. The van der Waals surface area contributed by atoms with Gasteiger partial charge >= 0.3 is 0 Å². The number of H-pyrrole nitrogens is 1. The summed E-state index contributed by atoms with van der Waals surface area (Å²) in [5, 5.41) is 11.1. The van der Waals surface area contributed by atoms with E-state index in [0.29, 0.717) is 6.04 Å². The van der Waals surface area contributed by atoms with Gasteiger partial charge in [-0.25, -0.2) is 0 Å². The van der Waals surface area contributed by atoms with Crippen molar-refractivity contribution < 1.29 is 0 Å². The molecule has 0 radical (unpaired) electrons. The van der Waals surface area contributed by atoms with Crippen LogP contribution in [0.25, 0.3) is 0 Å². The van der Waals surface area contributed by atoms with Crippen LogP contribution in [-0.2, 0) is 6.42 Å². The molecule has 1 saturated heterocycles. The second kappa shape index (κ2) is 5.74. The second-order valence-electron chi connectivity index (χ2n) is 5.60. The number of nitrogens with one attached hydrogen (secondary N) is 2. The van der Waals surface area contributed by atoms with Crippen LogP contribution in [-0.4, -0.2) is 41.3 Å². The maximum absolute atomic E-state index is 4.39. The van der Waals surface area contributed by atoms with E-state index in [-0.39, 0.29) is 0 Å². The van der Waals surface area contributed by atoms with E-state index in [2.05, 4.69) is 48.2 Å². The Morgan fingerprint density at radius 3 is 2.67 bits per heavy atom. The van der Waals surface area contributed by atoms with Crippen molar-refractivity contribution in [2.24, 2.45) is 5.92 Å². The molecule has 18 heavy (non-hydrogen) atoms. The average molecular weight is 250 g/mol. The maximum Gasteiger partial charge on any atom is 0.151 e. The van der Waals surface area contributed by atoms with Crippen LogP contribution in [0.4, 0.5) is 5.82 Å². The van der Waals surface area contributed by atoms with E-state index in [1.807, 2.05) is 0 Å². The van der Waals surface area contributed by atoms with E-state index >= 15 is 0 Å². The number of hydrogen-bond acceptors (Lipinski definition) is 3. The van der Waals surface area contributed by atoms with Gasteiger partial charge in [-0.2, -0.15) is 5.10 Å².